The molecular weight excluding hydrogens is 344 g/mol. The van der Waals surface area contributed by atoms with Gasteiger partial charge in [0.15, 0.2) is 6.10 Å². The Morgan fingerprint density at radius 1 is 0.880 bits per heavy atom. The fourth-order valence-electron chi connectivity index (χ4n) is 1.33. The first kappa shape index (κ1) is 22.4. The second kappa shape index (κ2) is 11.9. The summed E-state index contributed by atoms with van der Waals surface area (Å²) in [5, 5.41) is 17.5. The van der Waals surface area contributed by atoms with Crippen LogP contribution in [0, 0.1) is 5.92 Å². The van der Waals surface area contributed by atoms with Gasteiger partial charge in [0.1, 0.15) is 25.9 Å². The molecule has 0 amide bonds. The van der Waals surface area contributed by atoms with Crippen LogP contribution in [0.5, 0.6) is 0 Å². The topological polar surface area (TPSA) is 155 Å². The minimum atomic E-state index is -1.64. The van der Waals surface area contributed by atoms with Gasteiger partial charge >= 0.3 is 24.2 Å². The Morgan fingerprint density at radius 3 is 1.88 bits per heavy atom. The number of ether oxygens (including phenoxy) is 5. The summed E-state index contributed by atoms with van der Waals surface area (Å²) in [6.45, 7) is 3.09. The van der Waals surface area contributed by atoms with Gasteiger partial charge in [0.2, 0.25) is 0 Å². The van der Waals surface area contributed by atoms with Crippen LogP contribution in [-0.4, -0.2) is 73.1 Å². The molecule has 0 bridgehead atoms. The van der Waals surface area contributed by atoms with Crippen LogP contribution in [0.15, 0.2) is 0 Å². The highest BCUT2D eigenvalue weighted by molar-refractivity contribution is 5.76. The van der Waals surface area contributed by atoms with E-state index >= 15 is 0 Å². The summed E-state index contributed by atoms with van der Waals surface area (Å²) in [5.41, 5.74) is 0. The molecule has 0 saturated carbocycles. The van der Waals surface area contributed by atoms with Crippen molar-refractivity contribution in [2.45, 2.75) is 33.0 Å². The SMILES string of the molecule is CCOC(=O)OCC(COC(=O)[C@@H](C)O)COC(=O)[C@@H](C)OC(=O)O. The Labute approximate surface area is 143 Å². The molecule has 0 rings (SSSR count). The molecule has 0 radical (unpaired) electrons. The third-order valence-electron chi connectivity index (χ3n) is 2.57. The van der Waals surface area contributed by atoms with Crippen molar-refractivity contribution < 1.29 is 53.1 Å². The van der Waals surface area contributed by atoms with Crippen molar-refractivity contribution in [3.8, 4) is 0 Å². The first-order valence-corrected chi connectivity index (χ1v) is 7.37. The van der Waals surface area contributed by atoms with Crippen molar-refractivity contribution in [2.75, 3.05) is 26.4 Å². The third kappa shape index (κ3) is 10.8. The maximum Gasteiger partial charge on any atom is 0.508 e. The summed E-state index contributed by atoms with van der Waals surface area (Å²) in [6.07, 6.45) is -5.30. The van der Waals surface area contributed by atoms with Crippen molar-refractivity contribution in [2.24, 2.45) is 5.92 Å². The van der Waals surface area contributed by atoms with Crippen LogP contribution in [0.2, 0.25) is 0 Å². The zero-order valence-electron chi connectivity index (χ0n) is 14.1. The van der Waals surface area contributed by atoms with Gasteiger partial charge < -0.3 is 33.9 Å². The van der Waals surface area contributed by atoms with E-state index in [2.05, 4.69) is 9.47 Å². The first-order chi connectivity index (χ1) is 11.7. The van der Waals surface area contributed by atoms with Gasteiger partial charge in [-0.15, -0.1) is 0 Å². The number of hydrogen-bond acceptors (Lipinski definition) is 10. The lowest BCUT2D eigenvalue weighted by atomic mass is 10.2. The fourth-order valence-corrected chi connectivity index (χ4v) is 1.33. The highest BCUT2D eigenvalue weighted by Gasteiger charge is 2.23. The van der Waals surface area contributed by atoms with Crippen LogP contribution in [0.3, 0.4) is 0 Å². The van der Waals surface area contributed by atoms with Crippen LogP contribution in [0.25, 0.3) is 0 Å². The van der Waals surface area contributed by atoms with Crippen LogP contribution in [-0.2, 0) is 33.3 Å². The molecule has 0 aromatic rings. The van der Waals surface area contributed by atoms with Crippen molar-refractivity contribution in [1.82, 2.24) is 0 Å². The molecule has 144 valence electrons. The Bertz CT molecular complexity index is 460. The Hall–Kier alpha value is -2.56. The molecular formula is C14H22O11. The second-order valence-corrected chi connectivity index (χ2v) is 4.82. The van der Waals surface area contributed by atoms with E-state index in [1.807, 2.05) is 0 Å². The van der Waals surface area contributed by atoms with Crippen molar-refractivity contribution in [3.05, 3.63) is 0 Å². The molecule has 0 aliphatic carbocycles. The second-order valence-electron chi connectivity index (χ2n) is 4.82. The van der Waals surface area contributed by atoms with Gasteiger partial charge in [0, 0.05) is 0 Å². The lowest BCUT2D eigenvalue weighted by Gasteiger charge is -2.18. The van der Waals surface area contributed by atoms with Gasteiger partial charge in [-0.3, -0.25) is 0 Å². The Morgan fingerprint density at radius 2 is 1.40 bits per heavy atom. The zero-order chi connectivity index (χ0) is 19.4. The van der Waals surface area contributed by atoms with Gasteiger partial charge in [-0.25, -0.2) is 19.2 Å². The molecule has 0 saturated heterocycles. The normalized spacial score (nSPS) is 13.8. The number of hydrogen-bond donors (Lipinski definition) is 2. The van der Waals surface area contributed by atoms with Crippen LogP contribution >= 0.6 is 0 Å². The molecule has 0 spiro atoms. The maximum absolute atomic E-state index is 11.6. The summed E-state index contributed by atoms with van der Waals surface area (Å²) in [6, 6.07) is 0. The van der Waals surface area contributed by atoms with Crippen LogP contribution < -0.4 is 0 Å². The number of carbonyl (C=O) groups is 4. The van der Waals surface area contributed by atoms with Crippen molar-refractivity contribution >= 4 is 24.2 Å². The molecule has 0 aromatic carbocycles. The Kier molecular flexibility index (Phi) is 10.7. The molecule has 0 aliphatic rings. The highest BCUT2D eigenvalue weighted by atomic mass is 16.7. The minimum absolute atomic E-state index is 0.0968. The first-order valence-electron chi connectivity index (χ1n) is 7.37. The predicted octanol–water partition coefficient (Wildman–Crippen LogP) is 0.326. The number of esters is 2. The number of carboxylic acid groups (broad SMARTS) is 1. The minimum Gasteiger partial charge on any atom is -0.463 e. The molecule has 11 heteroatoms. The average molecular weight is 366 g/mol. The summed E-state index contributed by atoms with van der Waals surface area (Å²) >= 11 is 0. The molecule has 0 heterocycles. The van der Waals surface area contributed by atoms with E-state index in [9.17, 15) is 19.2 Å². The number of aliphatic hydroxyl groups excluding tert-OH is 1. The lowest BCUT2D eigenvalue weighted by Crippen LogP contribution is -2.32. The number of carbonyl (C=O) groups excluding carboxylic acids is 3. The zero-order valence-corrected chi connectivity index (χ0v) is 14.1. The number of aliphatic hydroxyl groups is 1. The van der Waals surface area contributed by atoms with Crippen molar-refractivity contribution in [3.63, 3.8) is 0 Å². The molecule has 0 aromatic heterocycles. The van der Waals surface area contributed by atoms with E-state index in [1.165, 1.54) is 13.8 Å². The molecule has 3 atom stereocenters. The van der Waals surface area contributed by atoms with Crippen LogP contribution in [0.4, 0.5) is 9.59 Å². The summed E-state index contributed by atoms with van der Waals surface area (Å²) in [4.78, 5) is 44.4. The van der Waals surface area contributed by atoms with E-state index in [0.29, 0.717) is 0 Å². The molecule has 0 aliphatic heterocycles. The van der Waals surface area contributed by atoms with Gasteiger partial charge in [-0.05, 0) is 20.8 Å². The van der Waals surface area contributed by atoms with E-state index in [1.54, 1.807) is 6.92 Å². The van der Waals surface area contributed by atoms with Gasteiger partial charge in [-0.2, -0.15) is 0 Å². The predicted molar refractivity (Wildman–Crippen MR) is 78.6 cm³/mol. The average Bonchev–Trinajstić information content (AvgIpc) is 2.52. The molecule has 11 nitrogen and oxygen atoms in total. The molecule has 25 heavy (non-hydrogen) atoms. The summed E-state index contributed by atoms with van der Waals surface area (Å²) in [5.74, 6) is -2.63. The van der Waals surface area contributed by atoms with Crippen molar-refractivity contribution in [1.29, 1.82) is 0 Å². The van der Waals surface area contributed by atoms with E-state index in [4.69, 9.17) is 24.4 Å². The van der Waals surface area contributed by atoms with E-state index < -0.39 is 42.4 Å². The largest absolute Gasteiger partial charge is 0.508 e. The summed E-state index contributed by atoms with van der Waals surface area (Å²) < 4.78 is 23.2. The quantitative estimate of drug-likeness (QED) is 0.405. The van der Waals surface area contributed by atoms with Crippen LogP contribution in [0.1, 0.15) is 20.8 Å². The third-order valence-corrected chi connectivity index (χ3v) is 2.57. The van der Waals surface area contributed by atoms with Gasteiger partial charge in [0.25, 0.3) is 0 Å². The van der Waals surface area contributed by atoms with Gasteiger partial charge in [-0.1, -0.05) is 0 Å². The Balaban J connectivity index is 4.54. The fraction of sp³-hybridized carbons (Fsp3) is 0.714. The standard InChI is InChI=1S/C14H22O11/c1-4-21-14(20)24-7-10(5-22-11(16)8(2)15)6-23-12(17)9(3)25-13(18)19/h8-10,15H,4-7H2,1-3H3,(H,18,19)/t8-,9-,10?/m1/s1. The lowest BCUT2D eigenvalue weighted by molar-refractivity contribution is -0.159. The maximum atomic E-state index is 11.6. The molecule has 0 fully saturated rings. The van der Waals surface area contributed by atoms with Gasteiger partial charge in [0.05, 0.1) is 12.5 Å². The smallest absolute Gasteiger partial charge is 0.463 e. The van der Waals surface area contributed by atoms with E-state index in [-0.39, 0.29) is 26.4 Å². The number of rotatable bonds is 10. The molecule has 2 N–H and O–H groups in total. The monoisotopic (exact) mass is 366 g/mol. The molecule has 1 unspecified atom stereocenters. The highest BCUT2D eigenvalue weighted by Crippen LogP contribution is 2.05. The summed E-state index contributed by atoms with van der Waals surface area (Å²) in [7, 11) is 0. The van der Waals surface area contributed by atoms with E-state index in [0.717, 1.165) is 0 Å².